The number of rotatable bonds is 0. The lowest BCUT2D eigenvalue weighted by atomic mass is 10.0. The normalized spacial score (nSPS) is 17.9. The Morgan fingerprint density at radius 3 is 3.00 bits per heavy atom. The molecule has 0 bridgehead atoms. The molecular formula is C12H12N2O. The van der Waals surface area contributed by atoms with Crippen molar-refractivity contribution in [2.24, 2.45) is 7.05 Å². The van der Waals surface area contributed by atoms with Crippen LogP contribution in [0, 0.1) is 0 Å². The molecule has 1 aromatic carbocycles. The molecule has 0 spiro atoms. The van der Waals surface area contributed by atoms with Gasteiger partial charge in [-0.15, -0.1) is 0 Å². The van der Waals surface area contributed by atoms with Gasteiger partial charge in [0.1, 0.15) is 17.5 Å². The average Bonchev–Trinajstić information content (AvgIpc) is 2.61. The first kappa shape index (κ1) is 8.53. The number of aryl methyl sites for hydroxylation is 1. The molecule has 0 aliphatic carbocycles. The van der Waals surface area contributed by atoms with Crippen LogP contribution < -0.4 is 4.74 Å². The van der Waals surface area contributed by atoms with E-state index in [2.05, 4.69) is 12.0 Å². The second-order valence-corrected chi connectivity index (χ2v) is 3.86. The molecule has 1 aromatic heterocycles. The molecule has 1 aliphatic rings. The summed E-state index contributed by atoms with van der Waals surface area (Å²) in [7, 11) is 1.94. The molecule has 2 aromatic rings. The lowest BCUT2D eigenvalue weighted by molar-refractivity contribution is 0.223. The molecule has 0 saturated heterocycles. The number of benzene rings is 1. The summed E-state index contributed by atoms with van der Waals surface area (Å²) in [5.74, 6) is 0.927. The summed E-state index contributed by atoms with van der Waals surface area (Å²) in [5, 5.41) is 4.48. The Kier molecular flexibility index (Phi) is 1.63. The van der Waals surface area contributed by atoms with E-state index in [0.29, 0.717) is 0 Å². The van der Waals surface area contributed by atoms with Crippen molar-refractivity contribution in [1.29, 1.82) is 0 Å². The Bertz CT molecular complexity index is 516. The number of hydrogen-bond acceptors (Lipinski definition) is 2. The van der Waals surface area contributed by atoms with E-state index in [-0.39, 0.29) is 6.10 Å². The summed E-state index contributed by atoms with van der Waals surface area (Å²) in [6.45, 7) is 2.05. The van der Waals surface area contributed by atoms with E-state index in [9.17, 15) is 0 Å². The number of fused-ring (bicyclic) bond motifs is 3. The summed E-state index contributed by atoms with van der Waals surface area (Å²) < 4.78 is 7.66. The first-order chi connectivity index (χ1) is 7.25. The van der Waals surface area contributed by atoms with E-state index < -0.39 is 0 Å². The summed E-state index contributed by atoms with van der Waals surface area (Å²) in [5.41, 5.74) is 3.30. The van der Waals surface area contributed by atoms with Crippen LogP contribution in [0.1, 0.15) is 18.6 Å². The fourth-order valence-electron chi connectivity index (χ4n) is 2.03. The van der Waals surface area contributed by atoms with E-state index in [1.165, 1.54) is 0 Å². The van der Waals surface area contributed by atoms with Crippen molar-refractivity contribution < 1.29 is 4.74 Å². The smallest absolute Gasteiger partial charge is 0.129 e. The van der Waals surface area contributed by atoms with Crippen LogP contribution in [-0.2, 0) is 7.05 Å². The van der Waals surface area contributed by atoms with Gasteiger partial charge in [0.15, 0.2) is 0 Å². The minimum atomic E-state index is 0.0867. The number of hydrogen-bond donors (Lipinski definition) is 0. The highest BCUT2D eigenvalue weighted by atomic mass is 16.5. The molecule has 1 aliphatic heterocycles. The first-order valence-corrected chi connectivity index (χ1v) is 5.05. The molecule has 3 heteroatoms. The Morgan fingerprint density at radius 1 is 1.33 bits per heavy atom. The van der Waals surface area contributed by atoms with E-state index in [4.69, 9.17) is 4.74 Å². The monoisotopic (exact) mass is 200 g/mol. The van der Waals surface area contributed by atoms with Gasteiger partial charge in [0, 0.05) is 24.4 Å². The Labute approximate surface area is 88.3 Å². The van der Waals surface area contributed by atoms with Crippen molar-refractivity contribution in [3.05, 3.63) is 36.0 Å². The topological polar surface area (TPSA) is 27.1 Å². The van der Waals surface area contributed by atoms with Crippen molar-refractivity contribution in [3.8, 4) is 17.0 Å². The fraction of sp³-hybridized carbons (Fsp3) is 0.250. The maximum absolute atomic E-state index is 5.82. The maximum Gasteiger partial charge on any atom is 0.129 e. The number of para-hydroxylation sites is 1. The lowest BCUT2D eigenvalue weighted by Gasteiger charge is -2.22. The molecule has 0 amide bonds. The minimum Gasteiger partial charge on any atom is -0.485 e. The van der Waals surface area contributed by atoms with Crippen molar-refractivity contribution >= 4 is 0 Å². The molecule has 0 N–H and O–H groups in total. The van der Waals surface area contributed by atoms with Crippen LogP contribution in [0.3, 0.4) is 0 Å². The minimum absolute atomic E-state index is 0.0867. The molecule has 76 valence electrons. The number of nitrogens with zero attached hydrogens (tertiary/aromatic N) is 2. The molecule has 3 nitrogen and oxygen atoms in total. The van der Waals surface area contributed by atoms with E-state index in [1.54, 1.807) is 0 Å². The summed E-state index contributed by atoms with van der Waals surface area (Å²) in [6, 6.07) is 8.03. The van der Waals surface area contributed by atoms with Crippen LogP contribution in [0.5, 0.6) is 5.75 Å². The highest BCUT2D eigenvalue weighted by Gasteiger charge is 2.25. The third kappa shape index (κ3) is 1.16. The molecule has 0 radical (unpaired) electrons. The molecule has 3 rings (SSSR count). The van der Waals surface area contributed by atoms with Gasteiger partial charge in [0.05, 0.1) is 0 Å². The van der Waals surface area contributed by atoms with Gasteiger partial charge >= 0.3 is 0 Å². The third-order valence-electron chi connectivity index (χ3n) is 2.74. The van der Waals surface area contributed by atoms with Gasteiger partial charge in [-0.05, 0) is 19.1 Å². The average molecular weight is 200 g/mol. The van der Waals surface area contributed by atoms with Gasteiger partial charge in [-0.2, -0.15) is 5.10 Å². The zero-order valence-corrected chi connectivity index (χ0v) is 8.77. The molecule has 1 atom stereocenters. The Balaban J connectivity index is 2.29. The highest BCUT2D eigenvalue weighted by molar-refractivity contribution is 5.72. The molecule has 0 saturated carbocycles. The number of aromatic nitrogens is 2. The van der Waals surface area contributed by atoms with Crippen LogP contribution >= 0.6 is 0 Å². The van der Waals surface area contributed by atoms with Crippen molar-refractivity contribution in [3.63, 3.8) is 0 Å². The van der Waals surface area contributed by atoms with E-state index in [1.807, 2.05) is 42.2 Å². The standard InChI is InChI=1S/C12H12N2O/c1-8-10-7-14(2)13-12(10)9-5-3-4-6-11(9)15-8/h3-8H,1-2H3. The predicted octanol–water partition coefficient (Wildman–Crippen LogP) is 2.54. The zero-order chi connectivity index (χ0) is 10.4. The van der Waals surface area contributed by atoms with Crippen LogP contribution in [-0.4, -0.2) is 9.78 Å². The second kappa shape index (κ2) is 2.86. The first-order valence-electron chi connectivity index (χ1n) is 5.05. The number of ether oxygens (including phenoxy) is 1. The summed E-state index contributed by atoms with van der Waals surface area (Å²) >= 11 is 0. The molecule has 2 heterocycles. The van der Waals surface area contributed by atoms with Gasteiger partial charge in [-0.25, -0.2) is 0 Å². The molecule has 1 unspecified atom stereocenters. The largest absolute Gasteiger partial charge is 0.485 e. The SMILES string of the molecule is CC1Oc2ccccc2-c2nn(C)cc21. The van der Waals surface area contributed by atoms with Crippen molar-refractivity contribution in [2.45, 2.75) is 13.0 Å². The van der Waals surface area contributed by atoms with Gasteiger partial charge < -0.3 is 4.74 Å². The molecule has 0 fully saturated rings. The van der Waals surface area contributed by atoms with Crippen LogP contribution in [0.15, 0.2) is 30.5 Å². The van der Waals surface area contributed by atoms with E-state index in [0.717, 1.165) is 22.6 Å². The summed E-state index contributed by atoms with van der Waals surface area (Å²) in [4.78, 5) is 0. The molecule has 15 heavy (non-hydrogen) atoms. The molecular weight excluding hydrogens is 188 g/mol. The Morgan fingerprint density at radius 2 is 2.13 bits per heavy atom. The second-order valence-electron chi connectivity index (χ2n) is 3.86. The van der Waals surface area contributed by atoms with E-state index >= 15 is 0 Å². The predicted molar refractivity (Wildman–Crippen MR) is 57.7 cm³/mol. The Hall–Kier alpha value is -1.77. The van der Waals surface area contributed by atoms with Crippen LogP contribution in [0.2, 0.25) is 0 Å². The third-order valence-corrected chi connectivity index (χ3v) is 2.74. The van der Waals surface area contributed by atoms with Crippen molar-refractivity contribution in [2.75, 3.05) is 0 Å². The highest BCUT2D eigenvalue weighted by Crippen LogP contribution is 2.40. The van der Waals surface area contributed by atoms with Crippen LogP contribution in [0.4, 0.5) is 0 Å². The van der Waals surface area contributed by atoms with Crippen molar-refractivity contribution in [1.82, 2.24) is 9.78 Å². The lowest BCUT2D eigenvalue weighted by Crippen LogP contribution is -2.09. The maximum atomic E-state index is 5.82. The van der Waals surface area contributed by atoms with Gasteiger partial charge in [0.25, 0.3) is 0 Å². The van der Waals surface area contributed by atoms with Gasteiger partial charge in [0.2, 0.25) is 0 Å². The van der Waals surface area contributed by atoms with Crippen LogP contribution in [0.25, 0.3) is 11.3 Å². The van der Waals surface area contributed by atoms with Gasteiger partial charge in [-0.1, -0.05) is 12.1 Å². The quantitative estimate of drug-likeness (QED) is 0.653. The summed E-state index contributed by atoms with van der Waals surface area (Å²) in [6.07, 6.45) is 2.11. The fourth-order valence-corrected chi connectivity index (χ4v) is 2.03. The zero-order valence-electron chi connectivity index (χ0n) is 8.77. The van der Waals surface area contributed by atoms with Gasteiger partial charge in [-0.3, -0.25) is 4.68 Å².